The predicted molar refractivity (Wildman–Crippen MR) is 157 cm³/mol. The molecule has 0 saturated heterocycles. The Kier molecular flexibility index (Phi) is 10.6. The molecule has 1 N–H and O–H groups in total. The zero-order chi connectivity index (χ0) is 26.1. The largest absolute Gasteiger partial charge is 0.350 e. The highest BCUT2D eigenvalue weighted by molar-refractivity contribution is 9.10. The number of carbonyl (C=O) groups excluding carboxylic acids is 2. The Labute approximate surface area is 235 Å². The van der Waals surface area contributed by atoms with Crippen molar-refractivity contribution in [2.45, 2.75) is 51.1 Å². The molecule has 0 bridgehead atoms. The van der Waals surface area contributed by atoms with Gasteiger partial charge in [0, 0.05) is 33.2 Å². The number of carbonyl (C=O) groups is 2. The zero-order valence-corrected chi connectivity index (χ0v) is 24.8. The van der Waals surface area contributed by atoms with E-state index in [1.54, 1.807) is 16.7 Å². The number of benzene rings is 3. The number of hydrogen-bond donors (Lipinski definition) is 1. The summed E-state index contributed by atoms with van der Waals surface area (Å²) >= 11 is 8.56. The molecule has 0 saturated carbocycles. The Morgan fingerprint density at radius 2 is 1.53 bits per heavy atom. The first kappa shape index (κ1) is 28.5. The highest BCUT2D eigenvalue weighted by Crippen LogP contribution is 2.21. The Morgan fingerprint density at radius 3 is 2.17 bits per heavy atom. The highest BCUT2D eigenvalue weighted by Gasteiger charge is 2.32. The molecule has 36 heavy (non-hydrogen) atoms. The van der Waals surface area contributed by atoms with E-state index in [0.29, 0.717) is 13.0 Å². The van der Waals surface area contributed by atoms with Crippen LogP contribution in [-0.4, -0.2) is 34.0 Å². The third-order valence-electron chi connectivity index (χ3n) is 5.42. The van der Waals surface area contributed by atoms with Gasteiger partial charge in [-0.15, -0.1) is 11.8 Å². The fourth-order valence-electron chi connectivity index (χ4n) is 3.76. The molecular weight excluding hydrogens is 600 g/mol. The van der Waals surface area contributed by atoms with Gasteiger partial charge in [-0.1, -0.05) is 86.5 Å². The van der Waals surface area contributed by atoms with Gasteiger partial charge >= 0.3 is 0 Å². The summed E-state index contributed by atoms with van der Waals surface area (Å²) in [7, 11) is 0. The smallest absolute Gasteiger partial charge is 0.243 e. The first-order valence-electron chi connectivity index (χ1n) is 11.8. The lowest BCUT2D eigenvalue weighted by atomic mass is 10.0. The number of nitrogens with zero attached hydrogens (tertiary/aromatic N) is 1. The summed E-state index contributed by atoms with van der Waals surface area (Å²) < 4.78 is 1.97. The highest BCUT2D eigenvalue weighted by atomic mass is 79.9. The molecule has 0 spiro atoms. The minimum Gasteiger partial charge on any atom is -0.350 e. The van der Waals surface area contributed by atoms with Gasteiger partial charge in [-0.3, -0.25) is 9.59 Å². The second kappa shape index (κ2) is 13.5. The SMILES string of the molecule is CC(C)(C)NC(=O)C(Cc1ccccc1)N(Cc1cccc(Br)c1)C(=O)CSCc1ccc(Br)cc1. The van der Waals surface area contributed by atoms with Crippen molar-refractivity contribution in [2.75, 3.05) is 5.75 Å². The van der Waals surface area contributed by atoms with Crippen LogP contribution in [0, 0.1) is 0 Å². The average Bonchev–Trinajstić information content (AvgIpc) is 2.82. The fraction of sp³-hybridized carbons (Fsp3) is 0.310. The molecule has 7 heteroatoms. The Bertz CT molecular complexity index is 1150. The van der Waals surface area contributed by atoms with Crippen molar-refractivity contribution < 1.29 is 9.59 Å². The Hall–Kier alpha value is -2.09. The van der Waals surface area contributed by atoms with Crippen LogP contribution in [0.3, 0.4) is 0 Å². The van der Waals surface area contributed by atoms with Gasteiger partial charge in [-0.05, 0) is 61.7 Å². The fourth-order valence-corrected chi connectivity index (χ4v) is 5.34. The quantitative estimate of drug-likeness (QED) is 0.262. The summed E-state index contributed by atoms with van der Waals surface area (Å²) in [5.74, 6) is 0.814. The van der Waals surface area contributed by atoms with Crippen molar-refractivity contribution in [3.05, 3.63) is 104 Å². The Balaban J connectivity index is 1.86. The molecule has 0 aromatic heterocycles. The van der Waals surface area contributed by atoms with Crippen LogP contribution in [-0.2, 0) is 28.3 Å². The first-order valence-corrected chi connectivity index (χ1v) is 14.6. The number of amides is 2. The summed E-state index contributed by atoms with van der Waals surface area (Å²) in [5, 5.41) is 3.11. The summed E-state index contributed by atoms with van der Waals surface area (Å²) in [6, 6.07) is 25.2. The topological polar surface area (TPSA) is 49.4 Å². The monoisotopic (exact) mass is 630 g/mol. The maximum atomic E-state index is 13.7. The lowest BCUT2D eigenvalue weighted by Crippen LogP contribution is -2.54. The van der Waals surface area contributed by atoms with E-state index < -0.39 is 11.6 Å². The van der Waals surface area contributed by atoms with E-state index >= 15 is 0 Å². The molecule has 0 heterocycles. The van der Waals surface area contributed by atoms with Crippen molar-refractivity contribution in [3.8, 4) is 0 Å². The van der Waals surface area contributed by atoms with Crippen molar-refractivity contribution in [2.24, 2.45) is 0 Å². The van der Waals surface area contributed by atoms with E-state index in [1.165, 1.54) is 0 Å². The number of thioether (sulfide) groups is 1. The summed E-state index contributed by atoms with van der Waals surface area (Å²) in [6.07, 6.45) is 0.444. The molecule has 0 fully saturated rings. The predicted octanol–water partition coefficient (Wildman–Crippen LogP) is 7.00. The van der Waals surface area contributed by atoms with Gasteiger partial charge in [0.1, 0.15) is 6.04 Å². The molecule has 190 valence electrons. The van der Waals surface area contributed by atoms with Gasteiger partial charge in [-0.25, -0.2) is 0 Å². The van der Waals surface area contributed by atoms with Crippen LogP contribution in [0.1, 0.15) is 37.5 Å². The molecule has 0 radical (unpaired) electrons. The van der Waals surface area contributed by atoms with Crippen LogP contribution in [0.2, 0.25) is 0 Å². The van der Waals surface area contributed by atoms with E-state index in [4.69, 9.17) is 0 Å². The van der Waals surface area contributed by atoms with Gasteiger partial charge in [-0.2, -0.15) is 0 Å². The normalized spacial score (nSPS) is 12.1. The third-order valence-corrected chi connectivity index (χ3v) is 7.43. The lowest BCUT2D eigenvalue weighted by Gasteiger charge is -2.34. The van der Waals surface area contributed by atoms with Gasteiger partial charge in [0.15, 0.2) is 0 Å². The van der Waals surface area contributed by atoms with Crippen LogP contribution in [0.4, 0.5) is 0 Å². The molecule has 2 amide bonds. The Morgan fingerprint density at radius 1 is 0.861 bits per heavy atom. The molecule has 3 aromatic rings. The second-order valence-electron chi connectivity index (χ2n) is 9.72. The summed E-state index contributed by atoms with van der Waals surface area (Å²) in [4.78, 5) is 29.0. The van der Waals surface area contributed by atoms with Crippen LogP contribution in [0.25, 0.3) is 0 Å². The van der Waals surface area contributed by atoms with Crippen LogP contribution in [0.15, 0.2) is 87.8 Å². The van der Waals surface area contributed by atoms with Gasteiger partial charge in [0.2, 0.25) is 11.8 Å². The minimum absolute atomic E-state index is 0.0536. The minimum atomic E-state index is -0.633. The maximum absolute atomic E-state index is 13.7. The van der Waals surface area contributed by atoms with E-state index in [2.05, 4.69) is 49.3 Å². The molecule has 1 atom stereocenters. The second-order valence-corrected chi connectivity index (χ2v) is 12.5. The molecule has 0 aliphatic rings. The average molecular weight is 632 g/mol. The van der Waals surface area contributed by atoms with Gasteiger partial charge in [0.05, 0.1) is 5.75 Å². The van der Waals surface area contributed by atoms with E-state index in [1.807, 2.05) is 87.5 Å². The van der Waals surface area contributed by atoms with Crippen LogP contribution in [0.5, 0.6) is 0 Å². The number of rotatable bonds is 10. The molecular formula is C29H32Br2N2O2S. The van der Waals surface area contributed by atoms with Gasteiger partial charge < -0.3 is 10.2 Å². The van der Waals surface area contributed by atoms with Crippen molar-refractivity contribution >= 4 is 55.4 Å². The molecule has 3 aromatic carbocycles. The first-order chi connectivity index (χ1) is 17.1. The van der Waals surface area contributed by atoms with Crippen LogP contribution < -0.4 is 5.32 Å². The standard InChI is InChI=1S/C29H32Br2N2O2S/c1-29(2,3)32-28(35)26(17-21-8-5-4-6-9-21)33(18-23-10-7-11-25(31)16-23)27(34)20-36-19-22-12-14-24(30)15-13-22/h4-16,26H,17-20H2,1-3H3,(H,32,35). The van der Waals surface area contributed by atoms with Crippen molar-refractivity contribution in [1.29, 1.82) is 0 Å². The number of hydrogen-bond acceptors (Lipinski definition) is 3. The molecule has 0 aliphatic heterocycles. The van der Waals surface area contributed by atoms with E-state index in [9.17, 15) is 9.59 Å². The molecule has 1 unspecified atom stereocenters. The van der Waals surface area contributed by atoms with Crippen LogP contribution >= 0.6 is 43.6 Å². The van der Waals surface area contributed by atoms with E-state index in [0.717, 1.165) is 31.4 Å². The third kappa shape index (κ3) is 9.41. The molecule has 0 aliphatic carbocycles. The van der Waals surface area contributed by atoms with Crippen molar-refractivity contribution in [3.63, 3.8) is 0 Å². The summed E-state index contributed by atoms with van der Waals surface area (Å²) in [5.41, 5.74) is 2.73. The van der Waals surface area contributed by atoms with Crippen molar-refractivity contribution in [1.82, 2.24) is 10.2 Å². The number of halogens is 2. The van der Waals surface area contributed by atoms with Gasteiger partial charge in [0.25, 0.3) is 0 Å². The molecule has 4 nitrogen and oxygen atoms in total. The number of nitrogens with one attached hydrogen (secondary N) is 1. The lowest BCUT2D eigenvalue weighted by molar-refractivity contribution is -0.140. The van der Waals surface area contributed by atoms with E-state index in [-0.39, 0.29) is 17.6 Å². The molecule has 3 rings (SSSR count). The zero-order valence-electron chi connectivity index (χ0n) is 20.8. The maximum Gasteiger partial charge on any atom is 0.243 e. The summed E-state index contributed by atoms with van der Waals surface area (Å²) in [6.45, 7) is 6.23.